The third-order valence-corrected chi connectivity index (χ3v) is 5.89. The predicted octanol–water partition coefficient (Wildman–Crippen LogP) is 1.24. The van der Waals surface area contributed by atoms with Crippen molar-refractivity contribution in [3.05, 3.63) is 35.2 Å². The van der Waals surface area contributed by atoms with E-state index in [-0.39, 0.29) is 17.4 Å². The first kappa shape index (κ1) is 13.0. The van der Waals surface area contributed by atoms with Crippen LogP contribution in [-0.2, 0) is 22.9 Å². The van der Waals surface area contributed by atoms with Gasteiger partial charge in [0.05, 0.1) is 11.5 Å². The van der Waals surface area contributed by atoms with Gasteiger partial charge in [-0.3, -0.25) is 0 Å². The molecular formula is C14H15N3O3S. The molecule has 7 heteroatoms. The van der Waals surface area contributed by atoms with Gasteiger partial charge in [-0.25, -0.2) is 8.42 Å². The van der Waals surface area contributed by atoms with Crippen molar-refractivity contribution in [2.75, 3.05) is 11.5 Å². The highest BCUT2D eigenvalue weighted by Crippen LogP contribution is 2.29. The molecule has 3 heterocycles. The number of hydrogen-bond donors (Lipinski definition) is 1. The molecule has 0 spiro atoms. The van der Waals surface area contributed by atoms with Gasteiger partial charge in [0, 0.05) is 24.6 Å². The maximum absolute atomic E-state index is 11.5. The van der Waals surface area contributed by atoms with Gasteiger partial charge in [-0.1, -0.05) is 11.2 Å². The minimum absolute atomic E-state index is 0.125. The van der Waals surface area contributed by atoms with Crippen LogP contribution in [0.4, 0.5) is 0 Å². The molecule has 0 radical (unpaired) electrons. The molecule has 1 aromatic carbocycles. The molecule has 1 saturated heterocycles. The fraction of sp³-hybridized carbons (Fsp3) is 0.429. The second kappa shape index (κ2) is 4.64. The second-order valence-electron chi connectivity index (χ2n) is 5.64. The number of aromatic nitrogens is 2. The second-order valence-corrected chi connectivity index (χ2v) is 7.87. The van der Waals surface area contributed by atoms with Gasteiger partial charge in [-0.15, -0.1) is 0 Å². The number of fused-ring (bicyclic) bond motifs is 1. The Morgan fingerprint density at radius 1 is 1.24 bits per heavy atom. The molecule has 0 bridgehead atoms. The van der Waals surface area contributed by atoms with Crippen molar-refractivity contribution in [2.45, 2.75) is 25.4 Å². The molecule has 2 aliphatic rings. The highest BCUT2D eigenvalue weighted by molar-refractivity contribution is 7.91. The van der Waals surface area contributed by atoms with E-state index in [0.717, 1.165) is 18.7 Å². The average Bonchev–Trinajstić information content (AvgIpc) is 3.15. The van der Waals surface area contributed by atoms with E-state index in [1.807, 2.05) is 6.07 Å². The molecule has 2 aromatic rings. The normalized spacial score (nSPS) is 23.3. The molecule has 1 unspecified atom stereocenters. The van der Waals surface area contributed by atoms with Crippen LogP contribution in [-0.4, -0.2) is 30.1 Å². The third-order valence-electron chi connectivity index (χ3n) is 4.12. The van der Waals surface area contributed by atoms with Crippen molar-refractivity contribution in [2.24, 2.45) is 0 Å². The van der Waals surface area contributed by atoms with E-state index in [4.69, 9.17) is 4.52 Å². The van der Waals surface area contributed by atoms with Crippen molar-refractivity contribution in [3.8, 4) is 11.5 Å². The topological polar surface area (TPSA) is 85.1 Å². The summed E-state index contributed by atoms with van der Waals surface area (Å²) >= 11 is 0. The molecule has 1 atom stereocenters. The van der Waals surface area contributed by atoms with Crippen LogP contribution < -0.4 is 5.32 Å². The van der Waals surface area contributed by atoms with Gasteiger partial charge in [-0.2, -0.15) is 4.98 Å². The maximum atomic E-state index is 11.5. The van der Waals surface area contributed by atoms with Crippen molar-refractivity contribution in [1.82, 2.24) is 15.5 Å². The Bertz CT molecular complexity index is 798. The van der Waals surface area contributed by atoms with E-state index in [9.17, 15) is 8.42 Å². The molecule has 6 nitrogen and oxygen atoms in total. The van der Waals surface area contributed by atoms with Gasteiger partial charge in [0.2, 0.25) is 0 Å². The quantitative estimate of drug-likeness (QED) is 0.898. The summed E-state index contributed by atoms with van der Waals surface area (Å²) in [4.78, 5) is 4.39. The summed E-state index contributed by atoms with van der Waals surface area (Å²) in [6.07, 6.45) is 0.579. The van der Waals surface area contributed by atoms with Gasteiger partial charge in [0.1, 0.15) is 0 Å². The molecule has 110 valence electrons. The number of nitrogens with zero attached hydrogens (tertiary/aromatic N) is 2. The first-order chi connectivity index (χ1) is 10.1. The summed E-state index contributed by atoms with van der Waals surface area (Å²) in [5.74, 6) is 1.17. The van der Waals surface area contributed by atoms with Gasteiger partial charge < -0.3 is 9.84 Å². The fourth-order valence-electron chi connectivity index (χ4n) is 2.94. The Kier molecular flexibility index (Phi) is 2.87. The lowest BCUT2D eigenvalue weighted by atomic mass is 10.1. The lowest BCUT2D eigenvalue weighted by molar-refractivity contribution is 0.418. The van der Waals surface area contributed by atoms with Crippen LogP contribution in [0.15, 0.2) is 22.7 Å². The summed E-state index contributed by atoms with van der Waals surface area (Å²) in [6, 6.07) is 6.08. The number of nitrogens with one attached hydrogen (secondary N) is 1. The zero-order valence-electron chi connectivity index (χ0n) is 11.4. The van der Waals surface area contributed by atoms with Gasteiger partial charge in [-0.05, 0) is 29.7 Å². The Hall–Kier alpha value is -1.73. The van der Waals surface area contributed by atoms with Crippen molar-refractivity contribution in [3.63, 3.8) is 0 Å². The van der Waals surface area contributed by atoms with Crippen LogP contribution in [0.3, 0.4) is 0 Å². The van der Waals surface area contributed by atoms with Crippen molar-refractivity contribution >= 4 is 9.84 Å². The minimum atomic E-state index is -2.94. The molecule has 0 amide bonds. The Labute approximate surface area is 122 Å². The SMILES string of the molecule is O=S1(=O)CCC(c2noc(-c3ccc4c(c3)CNC4)n2)C1. The predicted molar refractivity (Wildman–Crippen MR) is 76.3 cm³/mol. The van der Waals surface area contributed by atoms with Gasteiger partial charge in [0.15, 0.2) is 15.7 Å². The maximum Gasteiger partial charge on any atom is 0.257 e. The van der Waals surface area contributed by atoms with Crippen LogP contribution in [0.25, 0.3) is 11.5 Å². The Morgan fingerprint density at radius 3 is 2.90 bits per heavy atom. The monoisotopic (exact) mass is 305 g/mol. The largest absolute Gasteiger partial charge is 0.334 e. The van der Waals surface area contributed by atoms with Crippen LogP contribution >= 0.6 is 0 Å². The summed E-state index contributed by atoms with van der Waals surface area (Å²) in [5, 5.41) is 7.26. The lowest BCUT2D eigenvalue weighted by Gasteiger charge is -2.00. The Morgan fingerprint density at radius 2 is 2.10 bits per heavy atom. The molecule has 2 aliphatic heterocycles. The van der Waals surface area contributed by atoms with E-state index < -0.39 is 9.84 Å². The molecule has 0 saturated carbocycles. The van der Waals surface area contributed by atoms with Gasteiger partial charge >= 0.3 is 0 Å². The Balaban J connectivity index is 1.63. The zero-order chi connectivity index (χ0) is 14.4. The minimum Gasteiger partial charge on any atom is -0.334 e. The molecule has 1 aromatic heterocycles. The molecule has 1 N–H and O–H groups in total. The summed E-state index contributed by atoms with van der Waals surface area (Å²) in [5.41, 5.74) is 3.42. The fourth-order valence-corrected chi connectivity index (χ4v) is 4.68. The van der Waals surface area contributed by atoms with Gasteiger partial charge in [0.25, 0.3) is 5.89 Å². The first-order valence-electron chi connectivity index (χ1n) is 6.98. The smallest absolute Gasteiger partial charge is 0.257 e. The molecule has 1 fully saturated rings. The molecular weight excluding hydrogens is 290 g/mol. The van der Waals surface area contributed by atoms with Crippen LogP contribution in [0.2, 0.25) is 0 Å². The number of rotatable bonds is 2. The van der Waals surface area contributed by atoms with Crippen LogP contribution in [0, 0.1) is 0 Å². The molecule has 21 heavy (non-hydrogen) atoms. The van der Waals surface area contributed by atoms with E-state index in [2.05, 4.69) is 27.6 Å². The molecule has 0 aliphatic carbocycles. The zero-order valence-corrected chi connectivity index (χ0v) is 12.2. The highest BCUT2D eigenvalue weighted by Gasteiger charge is 2.32. The average molecular weight is 305 g/mol. The van der Waals surface area contributed by atoms with Crippen LogP contribution in [0.5, 0.6) is 0 Å². The highest BCUT2D eigenvalue weighted by atomic mass is 32.2. The van der Waals surface area contributed by atoms with E-state index >= 15 is 0 Å². The number of benzene rings is 1. The molecule has 4 rings (SSSR count). The summed E-state index contributed by atoms with van der Waals surface area (Å²) < 4.78 is 28.4. The lowest BCUT2D eigenvalue weighted by Crippen LogP contribution is -2.05. The third kappa shape index (κ3) is 2.36. The van der Waals surface area contributed by atoms with E-state index in [0.29, 0.717) is 18.1 Å². The number of sulfone groups is 1. The summed E-state index contributed by atoms with van der Waals surface area (Å²) in [6.45, 7) is 1.75. The number of hydrogen-bond acceptors (Lipinski definition) is 6. The standard InChI is InChI=1S/C14H15N3O3S/c18-21(19)4-3-11(8-21)13-16-14(20-17-13)9-1-2-10-6-15-7-12(10)5-9/h1-2,5,11,15H,3-4,6-8H2. The first-order valence-corrected chi connectivity index (χ1v) is 8.80. The summed E-state index contributed by atoms with van der Waals surface area (Å²) in [7, 11) is -2.94. The van der Waals surface area contributed by atoms with E-state index in [1.165, 1.54) is 11.1 Å². The van der Waals surface area contributed by atoms with E-state index in [1.54, 1.807) is 0 Å². The van der Waals surface area contributed by atoms with Crippen molar-refractivity contribution < 1.29 is 12.9 Å². The van der Waals surface area contributed by atoms with Crippen LogP contribution in [0.1, 0.15) is 29.3 Å². The van der Waals surface area contributed by atoms with Crippen molar-refractivity contribution in [1.29, 1.82) is 0 Å².